The Bertz CT molecular complexity index is 1270. The van der Waals surface area contributed by atoms with Gasteiger partial charge >= 0.3 is 0 Å². The first kappa shape index (κ1) is 31.9. The van der Waals surface area contributed by atoms with Gasteiger partial charge in [0.1, 0.15) is 11.6 Å². The van der Waals surface area contributed by atoms with Crippen LogP contribution in [-0.2, 0) is 19.4 Å². The molecule has 8 heteroatoms. The maximum Gasteiger partial charge on any atom is 0.253 e. The summed E-state index contributed by atoms with van der Waals surface area (Å²) in [5.41, 5.74) is 3.24. The number of halogens is 2. The lowest BCUT2D eigenvalue weighted by Crippen LogP contribution is -2.48. The van der Waals surface area contributed by atoms with E-state index < -0.39 is 29.7 Å². The Labute approximate surface area is 241 Å². The minimum absolute atomic E-state index is 0.00792. The maximum absolute atomic E-state index is 13.9. The van der Waals surface area contributed by atoms with Gasteiger partial charge in [0.15, 0.2) is 0 Å². The van der Waals surface area contributed by atoms with Crippen LogP contribution in [0.3, 0.4) is 0 Å². The highest BCUT2D eigenvalue weighted by Crippen LogP contribution is 2.15. The van der Waals surface area contributed by atoms with Crippen molar-refractivity contribution in [3.8, 4) is 0 Å². The summed E-state index contributed by atoms with van der Waals surface area (Å²) in [7, 11) is 0. The summed E-state index contributed by atoms with van der Waals surface area (Å²) < 4.78 is 27.8. The summed E-state index contributed by atoms with van der Waals surface area (Å²) in [4.78, 5) is 28.2. The van der Waals surface area contributed by atoms with Crippen LogP contribution in [-0.4, -0.2) is 53.6 Å². The van der Waals surface area contributed by atoms with Crippen LogP contribution in [0, 0.1) is 11.6 Å². The van der Waals surface area contributed by atoms with Gasteiger partial charge in [0.05, 0.1) is 12.1 Å². The van der Waals surface area contributed by atoms with Crippen molar-refractivity contribution in [3.05, 3.63) is 106 Å². The Morgan fingerprint density at radius 3 is 2.12 bits per heavy atom. The molecule has 0 spiro atoms. The van der Waals surface area contributed by atoms with Crippen molar-refractivity contribution in [2.24, 2.45) is 0 Å². The van der Waals surface area contributed by atoms with E-state index in [9.17, 15) is 23.5 Å². The number of aliphatic hydroxyl groups excluding tert-OH is 1. The number of hydrogen-bond acceptors (Lipinski definition) is 4. The van der Waals surface area contributed by atoms with Crippen LogP contribution in [0.2, 0.25) is 0 Å². The van der Waals surface area contributed by atoms with Gasteiger partial charge in [-0.2, -0.15) is 0 Å². The molecule has 0 saturated carbocycles. The standard InChI is InChI=1S/C33H41F2N3O3/c1-4-13-38(14-5-2)33(41)27-12-8-11-26(19-27)32(40)37-30(18-25-16-28(34)20-29(35)17-25)31(39)22-36-21-24-10-7-9-23(6-3)15-24/h7-12,15-17,19-20,30-31,36,39H,4-6,13-14,18,21-22H2,1-3H3,(H,37,40)/t30-,31+/m0/s1. The average Bonchev–Trinajstić information content (AvgIpc) is 2.96. The minimum Gasteiger partial charge on any atom is -0.390 e. The molecular formula is C33H41F2N3O3. The van der Waals surface area contributed by atoms with Crippen LogP contribution in [0.5, 0.6) is 0 Å². The zero-order chi connectivity index (χ0) is 29.8. The van der Waals surface area contributed by atoms with Gasteiger partial charge in [0.25, 0.3) is 11.8 Å². The van der Waals surface area contributed by atoms with Gasteiger partial charge < -0.3 is 20.6 Å². The number of nitrogens with zero attached hydrogens (tertiary/aromatic N) is 1. The Balaban J connectivity index is 1.76. The predicted molar refractivity (Wildman–Crippen MR) is 158 cm³/mol. The third-order valence-electron chi connectivity index (χ3n) is 6.89. The quantitative estimate of drug-likeness (QED) is 0.234. The molecule has 3 aromatic carbocycles. The molecule has 0 unspecified atom stereocenters. The molecular weight excluding hydrogens is 524 g/mol. The zero-order valence-electron chi connectivity index (χ0n) is 24.1. The molecule has 6 nitrogen and oxygen atoms in total. The van der Waals surface area contributed by atoms with E-state index in [0.29, 0.717) is 30.8 Å². The van der Waals surface area contributed by atoms with E-state index in [1.807, 2.05) is 26.0 Å². The van der Waals surface area contributed by atoms with E-state index >= 15 is 0 Å². The number of aryl methyl sites for hydroxylation is 1. The highest BCUT2D eigenvalue weighted by atomic mass is 19.1. The van der Waals surface area contributed by atoms with Gasteiger partial charge in [-0.05, 0) is 72.7 Å². The Hall–Kier alpha value is -3.62. The summed E-state index contributed by atoms with van der Waals surface area (Å²) >= 11 is 0. The predicted octanol–water partition coefficient (Wildman–Crippen LogP) is 5.28. The number of amides is 2. The first-order chi connectivity index (χ1) is 19.7. The van der Waals surface area contributed by atoms with Crippen molar-refractivity contribution in [1.29, 1.82) is 0 Å². The summed E-state index contributed by atoms with van der Waals surface area (Å²) in [5.74, 6) is -2.10. The van der Waals surface area contributed by atoms with Crippen molar-refractivity contribution in [2.75, 3.05) is 19.6 Å². The van der Waals surface area contributed by atoms with Crippen LogP contribution >= 0.6 is 0 Å². The normalized spacial score (nSPS) is 12.5. The number of rotatable bonds is 15. The van der Waals surface area contributed by atoms with E-state index in [-0.39, 0.29) is 24.4 Å². The third-order valence-corrected chi connectivity index (χ3v) is 6.89. The molecule has 3 rings (SSSR count). The number of hydrogen-bond donors (Lipinski definition) is 3. The highest BCUT2D eigenvalue weighted by molar-refractivity contribution is 5.99. The van der Waals surface area contributed by atoms with Crippen LogP contribution in [0.25, 0.3) is 0 Å². The van der Waals surface area contributed by atoms with Crippen molar-refractivity contribution in [3.63, 3.8) is 0 Å². The first-order valence-corrected chi connectivity index (χ1v) is 14.4. The van der Waals surface area contributed by atoms with Crippen molar-refractivity contribution >= 4 is 11.8 Å². The van der Waals surface area contributed by atoms with Gasteiger partial charge in [-0.3, -0.25) is 9.59 Å². The fourth-order valence-corrected chi connectivity index (χ4v) is 4.81. The van der Waals surface area contributed by atoms with Gasteiger partial charge in [-0.1, -0.05) is 51.1 Å². The lowest BCUT2D eigenvalue weighted by atomic mass is 9.99. The Morgan fingerprint density at radius 1 is 0.829 bits per heavy atom. The molecule has 0 aromatic heterocycles. The molecule has 2 amide bonds. The third kappa shape index (κ3) is 9.76. The summed E-state index contributed by atoms with van der Waals surface area (Å²) in [6.07, 6.45) is 1.51. The van der Waals surface area contributed by atoms with E-state index in [4.69, 9.17) is 0 Å². The number of benzene rings is 3. The molecule has 0 aliphatic carbocycles. The van der Waals surface area contributed by atoms with Gasteiger partial charge in [-0.25, -0.2) is 8.78 Å². The Morgan fingerprint density at radius 2 is 1.46 bits per heavy atom. The second kappa shape index (κ2) is 16.0. The SMILES string of the molecule is CCCN(CCC)C(=O)c1cccc(C(=O)N[C@@H](Cc2cc(F)cc(F)c2)[C@H](O)CNCc2cccc(CC)c2)c1. The Kier molecular flexibility index (Phi) is 12.4. The van der Waals surface area contributed by atoms with Gasteiger partial charge in [-0.15, -0.1) is 0 Å². The fourth-order valence-electron chi connectivity index (χ4n) is 4.81. The van der Waals surface area contributed by atoms with E-state index in [0.717, 1.165) is 30.9 Å². The van der Waals surface area contributed by atoms with E-state index in [1.54, 1.807) is 29.2 Å². The highest BCUT2D eigenvalue weighted by Gasteiger charge is 2.24. The molecule has 0 heterocycles. The summed E-state index contributed by atoms with van der Waals surface area (Å²) in [5, 5.41) is 17.1. The molecule has 3 N–H and O–H groups in total. The maximum atomic E-state index is 13.9. The molecule has 0 radical (unpaired) electrons. The summed E-state index contributed by atoms with van der Waals surface area (Å²) in [6.45, 7) is 7.99. The first-order valence-electron chi connectivity index (χ1n) is 14.4. The number of carbonyl (C=O) groups excluding carboxylic acids is 2. The van der Waals surface area contributed by atoms with Gasteiger partial charge in [0, 0.05) is 43.4 Å². The monoisotopic (exact) mass is 565 g/mol. The fraction of sp³-hybridized carbons (Fsp3) is 0.394. The number of carbonyl (C=O) groups is 2. The van der Waals surface area contributed by atoms with E-state index in [2.05, 4.69) is 29.7 Å². The van der Waals surface area contributed by atoms with Crippen molar-refractivity contribution in [2.45, 2.75) is 65.1 Å². The van der Waals surface area contributed by atoms with Crippen molar-refractivity contribution < 1.29 is 23.5 Å². The molecule has 3 aromatic rings. The lowest BCUT2D eigenvalue weighted by molar-refractivity contribution is 0.0755. The number of aliphatic hydroxyl groups is 1. The van der Waals surface area contributed by atoms with Gasteiger partial charge in [0.2, 0.25) is 0 Å². The topological polar surface area (TPSA) is 81.7 Å². The minimum atomic E-state index is -1.06. The van der Waals surface area contributed by atoms with Crippen LogP contribution in [0.15, 0.2) is 66.7 Å². The second-order valence-corrected chi connectivity index (χ2v) is 10.3. The van der Waals surface area contributed by atoms with E-state index in [1.165, 1.54) is 17.7 Å². The zero-order valence-corrected chi connectivity index (χ0v) is 24.1. The smallest absolute Gasteiger partial charge is 0.253 e. The molecule has 0 aliphatic heterocycles. The molecule has 0 aliphatic rings. The lowest BCUT2D eigenvalue weighted by Gasteiger charge is -2.25. The largest absolute Gasteiger partial charge is 0.390 e. The van der Waals surface area contributed by atoms with Crippen molar-refractivity contribution in [1.82, 2.24) is 15.5 Å². The molecule has 220 valence electrons. The summed E-state index contributed by atoms with van der Waals surface area (Å²) in [6, 6.07) is 16.9. The molecule has 41 heavy (non-hydrogen) atoms. The molecule has 0 fully saturated rings. The molecule has 0 bridgehead atoms. The molecule has 0 saturated heterocycles. The van der Waals surface area contributed by atoms with Crippen LogP contribution < -0.4 is 10.6 Å². The van der Waals surface area contributed by atoms with Crippen LogP contribution in [0.4, 0.5) is 8.78 Å². The second-order valence-electron chi connectivity index (χ2n) is 10.3. The molecule has 2 atom stereocenters. The average molecular weight is 566 g/mol. The number of nitrogens with one attached hydrogen (secondary N) is 2. The van der Waals surface area contributed by atoms with Crippen LogP contribution in [0.1, 0.15) is 71.0 Å².